The highest BCUT2D eigenvalue weighted by Crippen LogP contribution is 2.29. The molecule has 3 aromatic rings. The number of rotatable bonds is 4. The largest absolute Gasteiger partial charge is 0.482 e. The molecule has 2 aromatic carbocycles. The number of carbonyl (C=O) groups is 1. The molecule has 0 saturated carbocycles. The smallest absolute Gasteiger partial charge is 0.349 e. The molecule has 0 aliphatic heterocycles. The molecule has 0 amide bonds. The Morgan fingerprint density at radius 1 is 1.07 bits per heavy atom. The molecule has 0 N–H and O–H groups in total. The Bertz CT molecular complexity index is 1120. The number of ether oxygens (including phenoxy) is 2. The lowest BCUT2D eigenvalue weighted by molar-refractivity contribution is -0.136. The minimum atomic E-state index is -0.574. The number of nitrogens with zero attached hydrogens (tertiary/aromatic N) is 1. The van der Waals surface area contributed by atoms with Gasteiger partial charge in [0.2, 0.25) is 0 Å². The van der Waals surface area contributed by atoms with Crippen molar-refractivity contribution < 1.29 is 18.7 Å². The van der Waals surface area contributed by atoms with E-state index in [0.29, 0.717) is 22.6 Å². The number of nitriles is 1. The van der Waals surface area contributed by atoms with Gasteiger partial charge in [0, 0.05) is 17.0 Å². The van der Waals surface area contributed by atoms with Gasteiger partial charge < -0.3 is 13.9 Å². The van der Waals surface area contributed by atoms with Crippen LogP contribution in [0.5, 0.6) is 11.5 Å². The van der Waals surface area contributed by atoms with E-state index in [1.165, 1.54) is 0 Å². The van der Waals surface area contributed by atoms with Gasteiger partial charge in [-0.1, -0.05) is 0 Å². The Labute approximate surface area is 154 Å². The summed E-state index contributed by atoms with van der Waals surface area (Å²) in [5.41, 5.74) is 2.45. The molecule has 134 valence electrons. The maximum Gasteiger partial charge on any atom is 0.349 e. The molecular weight excluding hydrogens is 346 g/mol. The Kier molecular flexibility index (Phi) is 4.35. The molecular formula is C21H15NO5. The highest BCUT2D eigenvalue weighted by molar-refractivity contribution is 5.83. The Hall–Kier alpha value is -3.59. The minimum Gasteiger partial charge on any atom is -0.482 e. The van der Waals surface area contributed by atoms with Gasteiger partial charge in [-0.25, -0.2) is 9.59 Å². The molecule has 1 aromatic heterocycles. The minimum absolute atomic E-state index is 0.291. The van der Waals surface area contributed by atoms with Gasteiger partial charge in [-0.3, -0.25) is 0 Å². The SMILES string of the molecule is N#Cc1ccc(OC(=O)COc2ccc3c4c(c(=O)oc3c2)CCC4)cc1. The molecule has 0 radical (unpaired) electrons. The molecule has 1 aliphatic rings. The highest BCUT2D eigenvalue weighted by Gasteiger charge is 2.19. The van der Waals surface area contributed by atoms with Crippen LogP contribution >= 0.6 is 0 Å². The van der Waals surface area contributed by atoms with Crippen LogP contribution in [0.1, 0.15) is 23.1 Å². The number of aryl methyl sites for hydroxylation is 1. The number of esters is 1. The zero-order valence-corrected chi connectivity index (χ0v) is 14.4. The average molecular weight is 361 g/mol. The second-order valence-corrected chi connectivity index (χ2v) is 6.26. The summed E-state index contributed by atoms with van der Waals surface area (Å²) in [6.07, 6.45) is 2.58. The van der Waals surface area contributed by atoms with E-state index in [1.807, 2.05) is 12.1 Å². The summed E-state index contributed by atoms with van der Waals surface area (Å²) >= 11 is 0. The van der Waals surface area contributed by atoms with Crippen molar-refractivity contribution >= 4 is 16.9 Å². The van der Waals surface area contributed by atoms with Crippen molar-refractivity contribution in [1.29, 1.82) is 5.26 Å². The predicted molar refractivity (Wildman–Crippen MR) is 96.8 cm³/mol. The molecule has 0 saturated heterocycles. The molecule has 6 heteroatoms. The summed E-state index contributed by atoms with van der Waals surface area (Å²) in [6.45, 7) is -0.291. The van der Waals surface area contributed by atoms with E-state index in [2.05, 4.69) is 0 Å². The topological polar surface area (TPSA) is 89.5 Å². The summed E-state index contributed by atoms with van der Waals surface area (Å²) in [5.74, 6) is 0.179. The van der Waals surface area contributed by atoms with Gasteiger partial charge in [0.15, 0.2) is 6.61 Å². The van der Waals surface area contributed by atoms with Crippen LogP contribution in [-0.2, 0) is 17.6 Å². The van der Waals surface area contributed by atoms with E-state index in [1.54, 1.807) is 36.4 Å². The van der Waals surface area contributed by atoms with Gasteiger partial charge >= 0.3 is 11.6 Å². The first-order chi connectivity index (χ1) is 13.1. The number of hydrogen-bond acceptors (Lipinski definition) is 6. The summed E-state index contributed by atoms with van der Waals surface area (Å²) in [4.78, 5) is 24.0. The maximum absolute atomic E-state index is 12.0. The third-order valence-electron chi connectivity index (χ3n) is 4.52. The average Bonchev–Trinajstić information content (AvgIpc) is 3.18. The molecule has 0 atom stereocenters. The van der Waals surface area contributed by atoms with Crippen molar-refractivity contribution in [3.63, 3.8) is 0 Å². The quantitative estimate of drug-likeness (QED) is 0.403. The first kappa shape index (κ1) is 16.9. The van der Waals surface area contributed by atoms with Crippen molar-refractivity contribution in [2.45, 2.75) is 19.3 Å². The fourth-order valence-corrected chi connectivity index (χ4v) is 3.25. The molecule has 4 rings (SSSR count). The Morgan fingerprint density at radius 3 is 2.59 bits per heavy atom. The molecule has 0 fully saturated rings. The van der Waals surface area contributed by atoms with Gasteiger partial charge in [0.05, 0.1) is 11.6 Å². The molecule has 0 bridgehead atoms. The fourth-order valence-electron chi connectivity index (χ4n) is 3.25. The maximum atomic E-state index is 12.0. The lowest BCUT2D eigenvalue weighted by atomic mass is 10.1. The summed E-state index contributed by atoms with van der Waals surface area (Å²) < 4.78 is 16.0. The number of benzene rings is 2. The van der Waals surface area contributed by atoms with E-state index in [9.17, 15) is 9.59 Å². The van der Waals surface area contributed by atoms with Crippen molar-refractivity contribution in [3.8, 4) is 17.6 Å². The van der Waals surface area contributed by atoms with E-state index >= 15 is 0 Å². The van der Waals surface area contributed by atoms with Crippen LogP contribution in [0.4, 0.5) is 0 Å². The standard InChI is InChI=1S/C21H15NO5/c22-11-13-4-6-14(7-5-13)26-20(23)12-25-15-8-9-17-16-2-1-3-18(16)21(24)27-19(17)10-15/h4-10H,1-3,12H2. The van der Waals surface area contributed by atoms with Crippen molar-refractivity contribution in [1.82, 2.24) is 0 Å². The molecule has 27 heavy (non-hydrogen) atoms. The first-order valence-corrected chi connectivity index (χ1v) is 8.56. The van der Waals surface area contributed by atoms with E-state index in [0.717, 1.165) is 35.8 Å². The second-order valence-electron chi connectivity index (χ2n) is 6.26. The number of fused-ring (bicyclic) bond motifs is 3. The zero-order chi connectivity index (χ0) is 18.8. The molecule has 0 spiro atoms. The third kappa shape index (κ3) is 3.40. The monoisotopic (exact) mass is 361 g/mol. The van der Waals surface area contributed by atoms with Gasteiger partial charge in [-0.05, 0) is 61.2 Å². The fraction of sp³-hybridized carbons (Fsp3) is 0.190. The normalized spacial score (nSPS) is 12.4. The van der Waals surface area contributed by atoms with Crippen molar-refractivity contribution in [2.24, 2.45) is 0 Å². The van der Waals surface area contributed by atoms with Crippen LogP contribution in [0.15, 0.2) is 51.7 Å². The van der Waals surface area contributed by atoms with Gasteiger partial charge in [-0.15, -0.1) is 0 Å². The molecule has 1 aliphatic carbocycles. The van der Waals surface area contributed by atoms with Gasteiger partial charge in [0.25, 0.3) is 0 Å². The highest BCUT2D eigenvalue weighted by atomic mass is 16.6. The van der Waals surface area contributed by atoms with Crippen molar-refractivity contribution in [3.05, 3.63) is 69.6 Å². The predicted octanol–water partition coefficient (Wildman–Crippen LogP) is 3.14. The van der Waals surface area contributed by atoms with Crippen LogP contribution in [-0.4, -0.2) is 12.6 Å². The number of hydrogen-bond donors (Lipinski definition) is 0. The van der Waals surface area contributed by atoms with Crippen LogP contribution in [0.3, 0.4) is 0 Å². The molecule has 0 unspecified atom stereocenters. The summed E-state index contributed by atoms with van der Waals surface area (Å²) in [6, 6.07) is 13.4. The van der Waals surface area contributed by atoms with E-state index in [-0.39, 0.29) is 12.2 Å². The first-order valence-electron chi connectivity index (χ1n) is 8.56. The van der Waals surface area contributed by atoms with Gasteiger partial charge in [-0.2, -0.15) is 5.26 Å². The lowest BCUT2D eigenvalue weighted by Crippen LogP contribution is -2.17. The molecule has 1 heterocycles. The van der Waals surface area contributed by atoms with Crippen LogP contribution in [0.25, 0.3) is 11.0 Å². The second kappa shape index (κ2) is 6.96. The number of carbonyl (C=O) groups excluding carboxylic acids is 1. The van der Waals surface area contributed by atoms with Crippen LogP contribution in [0, 0.1) is 11.3 Å². The Balaban J connectivity index is 1.45. The van der Waals surface area contributed by atoms with Crippen molar-refractivity contribution in [2.75, 3.05) is 6.61 Å². The van der Waals surface area contributed by atoms with Gasteiger partial charge in [0.1, 0.15) is 17.1 Å². The summed E-state index contributed by atoms with van der Waals surface area (Å²) in [5, 5.41) is 9.67. The lowest BCUT2D eigenvalue weighted by Gasteiger charge is -2.09. The van der Waals surface area contributed by atoms with E-state index in [4.69, 9.17) is 19.2 Å². The Morgan fingerprint density at radius 2 is 1.81 bits per heavy atom. The molecule has 6 nitrogen and oxygen atoms in total. The van der Waals surface area contributed by atoms with E-state index < -0.39 is 5.97 Å². The van der Waals surface area contributed by atoms with Crippen LogP contribution < -0.4 is 15.1 Å². The summed E-state index contributed by atoms with van der Waals surface area (Å²) in [7, 11) is 0. The van der Waals surface area contributed by atoms with Crippen LogP contribution in [0.2, 0.25) is 0 Å². The third-order valence-corrected chi connectivity index (χ3v) is 4.52. The zero-order valence-electron chi connectivity index (χ0n) is 14.4.